The number of carbonyl (C=O) groups is 1. The van der Waals surface area contributed by atoms with E-state index in [1.54, 1.807) is 30.3 Å². The molecule has 1 aromatic carbocycles. The molecule has 0 saturated heterocycles. The predicted molar refractivity (Wildman–Crippen MR) is 56.5 cm³/mol. The van der Waals surface area contributed by atoms with Crippen molar-refractivity contribution < 1.29 is 48.7 Å². The number of rotatable bonds is 3. The number of hydrogen-bond acceptors (Lipinski definition) is 4. The molecule has 0 aliphatic carbocycles. The van der Waals surface area contributed by atoms with Gasteiger partial charge in [0.05, 0.1) is 0 Å². The van der Waals surface area contributed by atoms with E-state index in [0.717, 1.165) is 6.08 Å². The zero-order chi connectivity index (χ0) is 11.7. The maximum absolute atomic E-state index is 9.95. The molecule has 0 fully saturated rings. The third-order valence-electron chi connectivity index (χ3n) is 1.11. The van der Waals surface area contributed by atoms with E-state index >= 15 is 0 Å². The zero-order valence-electron chi connectivity index (χ0n) is 9.79. The average Bonchev–Trinajstić information content (AvgIpc) is 2.19. The minimum absolute atomic E-state index is 0. The van der Waals surface area contributed by atoms with E-state index in [0.29, 0.717) is 5.75 Å². The van der Waals surface area contributed by atoms with Crippen molar-refractivity contribution in [2.75, 3.05) is 0 Å². The summed E-state index contributed by atoms with van der Waals surface area (Å²) in [4.78, 5) is 9.47. The van der Waals surface area contributed by atoms with Gasteiger partial charge in [0.2, 0.25) is 5.91 Å². The van der Waals surface area contributed by atoms with Crippen LogP contribution in [0.25, 0.3) is 0 Å². The molecule has 0 saturated carbocycles. The summed E-state index contributed by atoms with van der Waals surface area (Å²) >= 11 is -2.47. The summed E-state index contributed by atoms with van der Waals surface area (Å²) in [5.41, 5.74) is 4.53. The number of nitrogens with two attached hydrogens (primary N) is 1. The Labute approximate surface area is 120 Å². The Hall–Kier alpha value is -0.660. The van der Waals surface area contributed by atoms with Gasteiger partial charge in [-0.05, 0) is 18.2 Å². The second-order valence-electron chi connectivity index (χ2n) is 2.21. The molecule has 1 rings (SSSR count). The van der Waals surface area contributed by atoms with E-state index < -0.39 is 17.3 Å². The summed E-state index contributed by atoms with van der Waals surface area (Å²) in [6, 6.07) is 8.30. The Morgan fingerprint density at radius 3 is 2.25 bits per heavy atom. The van der Waals surface area contributed by atoms with Crippen molar-refractivity contribution in [3.63, 3.8) is 0 Å². The second-order valence-corrected chi connectivity index (χ2v) is 2.78. The van der Waals surface area contributed by atoms with Gasteiger partial charge in [0, 0.05) is 0 Å². The zero-order valence-corrected chi connectivity index (χ0v) is 11.6. The van der Waals surface area contributed by atoms with Crippen LogP contribution in [0, 0.1) is 0 Å². The molecule has 1 unspecified atom stereocenters. The van der Waals surface area contributed by atoms with Crippen LogP contribution >= 0.6 is 0 Å². The van der Waals surface area contributed by atoms with Gasteiger partial charge >= 0.3 is 29.6 Å². The van der Waals surface area contributed by atoms with Crippen LogP contribution in [0.15, 0.2) is 43.0 Å². The molecule has 0 radical (unpaired) electrons. The molecule has 1 amide bonds. The van der Waals surface area contributed by atoms with Crippen LogP contribution in [0.4, 0.5) is 0 Å². The van der Waals surface area contributed by atoms with Gasteiger partial charge in [0.25, 0.3) is 0 Å². The fourth-order valence-corrected chi connectivity index (χ4v) is 0.823. The van der Waals surface area contributed by atoms with Crippen molar-refractivity contribution in [3.8, 4) is 5.75 Å². The molecule has 7 heteroatoms. The largest absolute Gasteiger partial charge is 1.00 e. The first-order valence-corrected chi connectivity index (χ1v) is 4.80. The summed E-state index contributed by atoms with van der Waals surface area (Å²) in [6.45, 7) is 3.09. The summed E-state index contributed by atoms with van der Waals surface area (Å²) in [7, 11) is 0. The van der Waals surface area contributed by atoms with Crippen LogP contribution < -0.4 is 39.5 Å². The van der Waals surface area contributed by atoms with Gasteiger partial charge in [-0.25, -0.2) is 4.21 Å². The standard InChI is InChI=1S/C6H6O3S.C3H5NO.Na.H/c7-10(8)9-6-4-2-1-3-5-6;1-2-3(4)5;;/h1-5H,(H,7,8);2H,1H2,(H2,4,5);;/q;;+1;-1/p-1. The third kappa shape index (κ3) is 11.4. The second kappa shape index (κ2) is 10.8. The molecular weight excluding hydrogens is 241 g/mol. The van der Waals surface area contributed by atoms with E-state index in [9.17, 15) is 13.6 Å². The van der Waals surface area contributed by atoms with E-state index in [-0.39, 0.29) is 31.0 Å². The molecule has 0 aliphatic rings. The SMILES string of the molecule is C=CC(N)=O.O=S([O-])Oc1ccccc1.[H-].[Na+]. The van der Waals surface area contributed by atoms with Gasteiger partial charge in [-0.15, -0.1) is 0 Å². The van der Waals surface area contributed by atoms with Crippen molar-refractivity contribution in [2.24, 2.45) is 5.73 Å². The number of primary amides is 1. The van der Waals surface area contributed by atoms with Crippen molar-refractivity contribution >= 4 is 17.3 Å². The van der Waals surface area contributed by atoms with Gasteiger partial charge in [0.1, 0.15) is 17.1 Å². The first kappa shape index (κ1) is 17.7. The van der Waals surface area contributed by atoms with Crippen LogP contribution in [0.5, 0.6) is 5.75 Å². The van der Waals surface area contributed by atoms with Crippen molar-refractivity contribution in [1.82, 2.24) is 0 Å². The van der Waals surface area contributed by atoms with E-state index in [4.69, 9.17) is 0 Å². The number of benzene rings is 1. The quantitative estimate of drug-likeness (QED) is 0.370. The molecule has 0 aromatic heterocycles. The summed E-state index contributed by atoms with van der Waals surface area (Å²) < 4.78 is 24.2. The van der Waals surface area contributed by atoms with Crippen LogP contribution in [0.2, 0.25) is 0 Å². The first-order chi connectivity index (χ1) is 7.06. The fourth-order valence-electron chi connectivity index (χ4n) is 0.555. The van der Waals surface area contributed by atoms with Gasteiger partial charge in [-0.1, -0.05) is 24.8 Å². The fraction of sp³-hybridized carbons (Fsp3) is 0. The Balaban J connectivity index is -0.000000247. The number of hydrogen-bond donors (Lipinski definition) is 1. The van der Waals surface area contributed by atoms with Crippen LogP contribution in [-0.4, -0.2) is 14.7 Å². The predicted octanol–water partition coefficient (Wildman–Crippen LogP) is -2.37. The Kier molecular flexibility index (Phi) is 12.0. The molecule has 0 aliphatic heterocycles. The minimum atomic E-state index is -2.47. The Morgan fingerprint density at radius 1 is 1.50 bits per heavy atom. The molecule has 1 atom stereocenters. The normalized spacial score (nSPS) is 9.81. The molecule has 16 heavy (non-hydrogen) atoms. The molecule has 0 bridgehead atoms. The third-order valence-corrected chi connectivity index (χ3v) is 1.44. The summed E-state index contributed by atoms with van der Waals surface area (Å²) in [5, 5.41) is 0. The van der Waals surface area contributed by atoms with E-state index in [2.05, 4.69) is 16.5 Å². The van der Waals surface area contributed by atoms with E-state index in [1.807, 2.05) is 0 Å². The Bertz CT molecular complexity index is 350. The summed E-state index contributed by atoms with van der Waals surface area (Å²) in [6.07, 6.45) is 1.06. The van der Waals surface area contributed by atoms with Crippen molar-refractivity contribution in [1.29, 1.82) is 0 Å². The smallest absolute Gasteiger partial charge is 1.00 e. The van der Waals surface area contributed by atoms with Gasteiger partial charge in [-0.3, -0.25) is 4.79 Å². The topological polar surface area (TPSA) is 92.5 Å². The number of amides is 1. The van der Waals surface area contributed by atoms with Gasteiger partial charge in [-0.2, -0.15) is 0 Å². The molecule has 0 heterocycles. The molecule has 0 spiro atoms. The van der Waals surface area contributed by atoms with E-state index in [1.165, 1.54) is 0 Å². The first-order valence-electron chi connectivity index (χ1n) is 3.80. The van der Waals surface area contributed by atoms with Crippen molar-refractivity contribution in [2.45, 2.75) is 0 Å². The average molecular weight is 252 g/mol. The molecule has 84 valence electrons. The van der Waals surface area contributed by atoms with Crippen molar-refractivity contribution in [3.05, 3.63) is 43.0 Å². The van der Waals surface area contributed by atoms with Crippen LogP contribution in [-0.2, 0) is 16.2 Å². The minimum Gasteiger partial charge on any atom is -1.00 e. The Morgan fingerprint density at radius 2 is 1.94 bits per heavy atom. The molecule has 2 N–H and O–H groups in total. The molecular formula is C9H11NNaO4S-. The van der Waals surface area contributed by atoms with Crippen LogP contribution in [0.1, 0.15) is 1.43 Å². The summed E-state index contributed by atoms with van der Waals surface area (Å²) in [5.74, 6) is -0.152. The number of para-hydroxylation sites is 1. The van der Waals surface area contributed by atoms with Gasteiger partial charge < -0.3 is 15.9 Å². The molecule has 1 aromatic rings. The van der Waals surface area contributed by atoms with Crippen LogP contribution in [0.3, 0.4) is 0 Å². The monoisotopic (exact) mass is 252 g/mol. The maximum atomic E-state index is 9.95. The van der Waals surface area contributed by atoms with Gasteiger partial charge in [0.15, 0.2) is 0 Å². The maximum Gasteiger partial charge on any atom is 1.00 e. The molecule has 5 nitrogen and oxygen atoms in total. The number of carbonyl (C=O) groups excluding carboxylic acids is 1.